The van der Waals surface area contributed by atoms with Gasteiger partial charge < -0.3 is 0 Å². The summed E-state index contributed by atoms with van der Waals surface area (Å²) in [6.07, 6.45) is 2.10. The van der Waals surface area contributed by atoms with Gasteiger partial charge in [0.05, 0.1) is 0 Å². The molecule has 8 heavy (non-hydrogen) atoms. The molecule has 0 rings (SSSR count). The smallest absolute Gasteiger partial charge is 0.133 e. The van der Waals surface area contributed by atoms with Crippen molar-refractivity contribution in [1.82, 2.24) is 0 Å². The number of carbonyl (C=O) groups is 1. The van der Waals surface area contributed by atoms with Crippen molar-refractivity contribution in [3.63, 3.8) is 0 Å². The van der Waals surface area contributed by atoms with Crippen molar-refractivity contribution < 1.29 is 4.79 Å². The molecule has 1 heteroatoms. The minimum absolute atomic E-state index is 0.171. The summed E-state index contributed by atoms with van der Waals surface area (Å²) in [4.78, 5) is 9.97. The maximum Gasteiger partial charge on any atom is 0.133 e. The third-order valence-electron chi connectivity index (χ3n) is 0.432. The fourth-order valence-corrected chi connectivity index (χ4v) is 0.203. The summed E-state index contributed by atoms with van der Waals surface area (Å²) in [5.41, 5.74) is 0. The molecule has 0 aliphatic rings. The minimum Gasteiger partial charge on any atom is -0.300 e. The molecule has 0 aromatic rings. The van der Waals surface area contributed by atoms with E-state index in [1.165, 1.54) is 0 Å². The normalized spacial score (nSPS) is 6.12. The van der Waals surface area contributed by atoms with E-state index in [-0.39, 0.29) is 5.78 Å². The second-order valence-corrected chi connectivity index (χ2v) is 1.19. The Hall–Kier alpha value is -0.850. The van der Waals surface area contributed by atoms with Gasteiger partial charge in [-0.2, -0.15) is 0 Å². The largest absolute Gasteiger partial charge is 0.300 e. The first-order valence-corrected chi connectivity index (χ1v) is 2.37. The van der Waals surface area contributed by atoms with Crippen molar-refractivity contribution in [2.24, 2.45) is 0 Å². The van der Waals surface area contributed by atoms with E-state index in [2.05, 4.69) is 19.7 Å². The van der Waals surface area contributed by atoms with Gasteiger partial charge in [-0.3, -0.25) is 4.79 Å². The van der Waals surface area contributed by atoms with Crippen LogP contribution in [0.15, 0.2) is 25.8 Å². The Morgan fingerprint density at radius 2 is 2.00 bits per heavy atom. The second-order valence-electron chi connectivity index (χ2n) is 1.19. The lowest BCUT2D eigenvalue weighted by atomic mass is 10.3. The first kappa shape index (κ1) is 10.2. The molecule has 0 saturated carbocycles. The molecule has 0 heterocycles. The maximum atomic E-state index is 9.97. The Morgan fingerprint density at radius 1 is 1.62 bits per heavy atom. The fourth-order valence-electron chi connectivity index (χ4n) is 0.203. The lowest BCUT2D eigenvalue weighted by Crippen LogP contribution is -1.81. The van der Waals surface area contributed by atoms with Gasteiger partial charge in [0.15, 0.2) is 0 Å². The zero-order chi connectivity index (χ0) is 6.99. The van der Waals surface area contributed by atoms with E-state index in [9.17, 15) is 4.79 Å². The summed E-state index contributed by atoms with van der Waals surface area (Å²) in [7, 11) is 0. The van der Waals surface area contributed by atoms with E-state index in [0.29, 0.717) is 6.42 Å². The van der Waals surface area contributed by atoms with Gasteiger partial charge >= 0.3 is 0 Å². The monoisotopic (exact) mass is 112 g/mol. The third-order valence-corrected chi connectivity index (χ3v) is 0.432. The standard InChI is InChI=1S/C5H8O.C2H4/c1-3-4-5(2)6;1-2/h3H,1,4H2,2H3;1-2H2. The van der Waals surface area contributed by atoms with Crippen LogP contribution in [0.3, 0.4) is 0 Å². The van der Waals surface area contributed by atoms with Crippen LogP contribution in [0.1, 0.15) is 13.3 Å². The number of rotatable bonds is 2. The fraction of sp³-hybridized carbons (Fsp3) is 0.286. The van der Waals surface area contributed by atoms with E-state index in [1.807, 2.05) is 0 Å². The minimum atomic E-state index is 0.171. The number of ketones is 1. The van der Waals surface area contributed by atoms with Crippen LogP contribution in [-0.2, 0) is 4.79 Å². The van der Waals surface area contributed by atoms with Crippen LogP contribution in [0.5, 0.6) is 0 Å². The molecule has 0 spiro atoms. The molecule has 0 atom stereocenters. The quantitative estimate of drug-likeness (QED) is 0.499. The average molecular weight is 112 g/mol. The highest BCUT2D eigenvalue weighted by Crippen LogP contribution is 1.77. The lowest BCUT2D eigenvalue weighted by Gasteiger charge is -1.75. The molecule has 0 unspecified atom stereocenters. The Bertz CT molecular complexity index is 74.5. The second kappa shape index (κ2) is 9.47. The number of hydrogen-bond acceptors (Lipinski definition) is 1. The zero-order valence-corrected chi connectivity index (χ0v) is 5.31. The van der Waals surface area contributed by atoms with E-state index >= 15 is 0 Å². The number of allylic oxidation sites excluding steroid dienone is 1. The highest BCUT2D eigenvalue weighted by atomic mass is 16.1. The molecule has 0 aromatic heterocycles. The predicted molar refractivity (Wildman–Crippen MR) is 36.7 cm³/mol. The van der Waals surface area contributed by atoms with Crippen molar-refractivity contribution in [3.8, 4) is 0 Å². The zero-order valence-electron chi connectivity index (χ0n) is 5.31. The summed E-state index contributed by atoms with van der Waals surface area (Å²) in [5, 5.41) is 0. The summed E-state index contributed by atoms with van der Waals surface area (Å²) in [6, 6.07) is 0. The molecule has 0 aliphatic carbocycles. The average Bonchev–Trinajstić information content (AvgIpc) is 1.72. The van der Waals surface area contributed by atoms with Crippen molar-refractivity contribution in [2.75, 3.05) is 0 Å². The van der Waals surface area contributed by atoms with Crippen LogP contribution in [0, 0.1) is 0 Å². The van der Waals surface area contributed by atoms with Gasteiger partial charge in [-0.1, -0.05) is 6.08 Å². The molecular formula is C7H12O. The van der Waals surface area contributed by atoms with Gasteiger partial charge in [-0.05, 0) is 6.92 Å². The van der Waals surface area contributed by atoms with Gasteiger partial charge in [0.2, 0.25) is 0 Å². The molecule has 0 aliphatic heterocycles. The van der Waals surface area contributed by atoms with Crippen molar-refractivity contribution in [3.05, 3.63) is 25.8 Å². The summed E-state index contributed by atoms with van der Waals surface area (Å²) in [6.45, 7) is 10.9. The van der Waals surface area contributed by atoms with Crippen molar-refractivity contribution in [2.45, 2.75) is 13.3 Å². The lowest BCUT2D eigenvalue weighted by molar-refractivity contribution is -0.116. The molecule has 0 amide bonds. The van der Waals surface area contributed by atoms with Crippen molar-refractivity contribution in [1.29, 1.82) is 0 Å². The molecular weight excluding hydrogens is 100 g/mol. The number of Topliss-reactive ketones (excluding diaryl/α,β-unsaturated/α-hetero) is 1. The van der Waals surface area contributed by atoms with Gasteiger partial charge in [0, 0.05) is 6.42 Å². The van der Waals surface area contributed by atoms with Crippen LogP contribution in [0.4, 0.5) is 0 Å². The summed E-state index contributed by atoms with van der Waals surface area (Å²) >= 11 is 0. The van der Waals surface area contributed by atoms with Gasteiger partial charge in [0.1, 0.15) is 5.78 Å². The SMILES string of the molecule is C=C.C=CCC(C)=O. The topological polar surface area (TPSA) is 17.1 Å². The molecule has 0 aromatic carbocycles. The van der Waals surface area contributed by atoms with Crippen molar-refractivity contribution >= 4 is 5.78 Å². The molecule has 46 valence electrons. The van der Waals surface area contributed by atoms with Crippen LogP contribution in [-0.4, -0.2) is 5.78 Å². The molecule has 1 nitrogen and oxygen atoms in total. The molecule has 0 saturated heterocycles. The summed E-state index contributed by atoms with van der Waals surface area (Å²) < 4.78 is 0. The molecule has 0 fully saturated rings. The van der Waals surface area contributed by atoms with Gasteiger partial charge in [0.25, 0.3) is 0 Å². The Labute approximate surface area is 50.7 Å². The van der Waals surface area contributed by atoms with Crippen LogP contribution >= 0.6 is 0 Å². The highest BCUT2D eigenvalue weighted by molar-refractivity contribution is 5.76. The first-order chi connectivity index (χ1) is 3.77. The molecule has 0 bridgehead atoms. The highest BCUT2D eigenvalue weighted by Gasteiger charge is 1.80. The van der Waals surface area contributed by atoms with Crippen LogP contribution in [0.25, 0.3) is 0 Å². The van der Waals surface area contributed by atoms with E-state index < -0.39 is 0 Å². The Kier molecular flexibility index (Phi) is 12.1. The molecule has 0 radical (unpaired) electrons. The van der Waals surface area contributed by atoms with Gasteiger partial charge in [-0.15, -0.1) is 19.7 Å². The van der Waals surface area contributed by atoms with E-state index in [0.717, 1.165) is 0 Å². The Morgan fingerprint density at radius 3 is 2.00 bits per heavy atom. The predicted octanol–water partition coefficient (Wildman–Crippen LogP) is 1.95. The third kappa shape index (κ3) is 19.2. The first-order valence-electron chi connectivity index (χ1n) is 2.37. The Balaban J connectivity index is 0. The summed E-state index contributed by atoms with van der Waals surface area (Å²) in [5.74, 6) is 0.171. The number of hydrogen-bond donors (Lipinski definition) is 0. The maximum absolute atomic E-state index is 9.97. The van der Waals surface area contributed by atoms with Crippen LogP contribution in [0.2, 0.25) is 0 Å². The molecule has 0 N–H and O–H groups in total. The van der Waals surface area contributed by atoms with Crippen LogP contribution < -0.4 is 0 Å². The van der Waals surface area contributed by atoms with E-state index in [4.69, 9.17) is 0 Å². The van der Waals surface area contributed by atoms with Gasteiger partial charge in [-0.25, -0.2) is 0 Å². The number of carbonyl (C=O) groups excluding carboxylic acids is 1. The van der Waals surface area contributed by atoms with E-state index in [1.54, 1.807) is 13.0 Å².